The van der Waals surface area contributed by atoms with Gasteiger partial charge in [-0.1, -0.05) is 6.07 Å². The van der Waals surface area contributed by atoms with Gasteiger partial charge in [-0.25, -0.2) is 9.97 Å². The SMILES string of the molecule is CCOCc1nc2c(c(N[C@H](COC)c3ccccn3)n1)CCNCC2. The van der Waals surface area contributed by atoms with Crippen LogP contribution >= 0.6 is 0 Å². The molecule has 1 atom stereocenters. The first kappa shape index (κ1) is 18.7. The highest BCUT2D eigenvalue weighted by atomic mass is 16.5. The Kier molecular flexibility index (Phi) is 6.88. The Bertz CT molecular complexity index is 696. The summed E-state index contributed by atoms with van der Waals surface area (Å²) in [7, 11) is 1.70. The third-order valence-electron chi connectivity index (χ3n) is 4.35. The van der Waals surface area contributed by atoms with Gasteiger partial charge in [0.2, 0.25) is 0 Å². The molecule has 2 aromatic rings. The lowest BCUT2D eigenvalue weighted by Crippen LogP contribution is -2.21. The van der Waals surface area contributed by atoms with Crippen molar-refractivity contribution >= 4 is 5.82 Å². The van der Waals surface area contributed by atoms with Crippen molar-refractivity contribution in [1.29, 1.82) is 0 Å². The fraction of sp³-hybridized carbons (Fsp3) is 0.526. The Labute approximate surface area is 154 Å². The number of aromatic nitrogens is 3. The van der Waals surface area contributed by atoms with Crippen LogP contribution in [0.25, 0.3) is 0 Å². The molecule has 0 aliphatic carbocycles. The maximum Gasteiger partial charge on any atom is 0.156 e. The van der Waals surface area contributed by atoms with E-state index in [9.17, 15) is 0 Å². The highest BCUT2D eigenvalue weighted by Gasteiger charge is 2.20. The van der Waals surface area contributed by atoms with Crippen LogP contribution in [0.15, 0.2) is 24.4 Å². The van der Waals surface area contributed by atoms with Crippen molar-refractivity contribution in [1.82, 2.24) is 20.3 Å². The maximum atomic E-state index is 5.53. The highest BCUT2D eigenvalue weighted by molar-refractivity contribution is 5.49. The lowest BCUT2D eigenvalue weighted by Gasteiger charge is -2.21. The molecule has 1 aliphatic rings. The summed E-state index contributed by atoms with van der Waals surface area (Å²) in [6, 6.07) is 5.82. The minimum Gasteiger partial charge on any atom is -0.382 e. The van der Waals surface area contributed by atoms with Gasteiger partial charge in [-0.2, -0.15) is 0 Å². The van der Waals surface area contributed by atoms with E-state index in [0.717, 1.165) is 43.1 Å². The molecule has 0 saturated heterocycles. The Balaban J connectivity index is 1.92. The van der Waals surface area contributed by atoms with Gasteiger partial charge in [-0.05, 0) is 32.0 Å². The summed E-state index contributed by atoms with van der Waals surface area (Å²) in [5.41, 5.74) is 3.20. The van der Waals surface area contributed by atoms with Crippen LogP contribution in [0.2, 0.25) is 0 Å². The molecule has 0 radical (unpaired) electrons. The fourth-order valence-corrected chi connectivity index (χ4v) is 3.09. The average molecular weight is 357 g/mol. The second kappa shape index (κ2) is 9.56. The van der Waals surface area contributed by atoms with Crippen LogP contribution in [-0.4, -0.2) is 48.4 Å². The number of anilines is 1. The summed E-state index contributed by atoms with van der Waals surface area (Å²) in [5, 5.41) is 6.98. The van der Waals surface area contributed by atoms with Crippen LogP contribution < -0.4 is 10.6 Å². The van der Waals surface area contributed by atoms with E-state index in [-0.39, 0.29) is 6.04 Å². The van der Waals surface area contributed by atoms with Crippen molar-refractivity contribution in [2.75, 3.05) is 38.7 Å². The van der Waals surface area contributed by atoms with E-state index in [1.54, 1.807) is 13.3 Å². The average Bonchev–Trinajstić information content (AvgIpc) is 2.92. The summed E-state index contributed by atoms with van der Waals surface area (Å²) < 4.78 is 10.9. The molecule has 140 valence electrons. The molecular formula is C19H27N5O2. The molecule has 1 aliphatic heterocycles. The van der Waals surface area contributed by atoms with Crippen LogP contribution in [0.4, 0.5) is 5.82 Å². The summed E-state index contributed by atoms with van der Waals surface area (Å²) in [6.07, 6.45) is 3.59. The lowest BCUT2D eigenvalue weighted by atomic mass is 10.1. The molecule has 2 aromatic heterocycles. The Morgan fingerprint density at radius 2 is 2.12 bits per heavy atom. The van der Waals surface area contributed by atoms with Crippen molar-refractivity contribution in [2.45, 2.75) is 32.4 Å². The van der Waals surface area contributed by atoms with E-state index in [1.165, 1.54) is 5.56 Å². The van der Waals surface area contributed by atoms with Gasteiger partial charge < -0.3 is 20.1 Å². The zero-order valence-corrected chi connectivity index (χ0v) is 15.5. The first-order valence-corrected chi connectivity index (χ1v) is 9.15. The first-order chi connectivity index (χ1) is 12.8. The van der Waals surface area contributed by atoms with Gasteiger partial charge >= 0.3 is 0 Å². The van der Waals surface area contributed by atoms with E-state index in [4.69, 9.17) is 19.4 Å². The predicted octanol–water partition coefficient (Wildman–Crippen LogP) is 1.90. The molecule has 7 nitrogen and oxygen atoms in total. The topological polar surface area (TPSA) is 81.2 Å². The summed E-state index contributed by atoms with van der Waals surface area (Å²) in [4.78, 5) is 14.0. The molecule has 7 heteroatoms. The van der Waals surface area contributed by atoms with Crippen LogP contribution in [0.3, 0.4) is 0 Å². The Hall–Kier alpha value is -2.09. The third-order valence-corrected chi connectivity index (χ3v) is 4.35. The van der Waals surface area contributed by atoms with Gasteiger partial charge in [0, 0.05) is 38.4 Å². The number of nitrogens with one attached hydrogen (secondary N) is 2. The molecule has 0 saturated carbocycles. The largest absolute Gasteiger partial charge is 0.382 e. The molecule has 0 fully saturated rings. The minimum absolute atomic E-state index is 0.0728. The molecular weight excluding hydrogens is 330 g/mol. The van der Waals surface area contributed by atoms with Gasteiger partial charge in [0.1, 0.15) is 12.4 Å². The van der Waals surface area contributed by atoms with E-state index in [1.807, 2.05) is 25.1 Å². The van der Waals surface area contributed by atoms with Crippen molar-refractivity contribution in [2.24, 2.45) is 0 Å². The van der Waals surface area contributed by atoms with Crippen molar-refractivity contribution in [3.8, 4) is 0 Å². The number of fused-ring (bicyclic) bond motifs is 1. The molecule has 3 heterocycles. The van der Waals surface area contributed by atoms with Gasteiger partial charge in [-0.15, -0.1) is 0 Å². The van der Waals surface area contributed by atoms with Crippen molar-refractivity contribution in [3.05, 3.63) is 47.2 Å². The van der Waals surface area contributed by atoms with Crippen LogP contribution in [-0.2, 0) is 28.9 Å². The molecule has 26 heavy (non-hydrogen) atoms. The molecule has 0 bridgehead atoms. The molecule has 0 amide bonds. The van der Waals surface area contributed by atoms with Crippen molar-refractivity contribution in [3.63, 3.8) is 0 Å². The maximum absolute atomic E-state index is 5.53. The summed E-state index contributed by atoms with van der Waals surface area (Å²) in [5.74, 6) is 1.58. The van der Waals surface area contributed by atoms with Crippen LogP contribution in [0.1, 0.15) is 35.7 Å². The quantitative estimate of drug-likeness (QED) is 0.747. The molecule has 0 spiro atoms. The normalized spacial score (nSPS) is 15.2. The first-order valence-electron chi connectivity index (χ1n) is 9.15. The second-order valence-corrected chi connectivity index (χ2v) is 6.21. The zero-order valence-electron chi connectivity index (χ0n) is 15.5. The highest BCUT2D eigenvalue weighted by Crippen LogP contribution is 2.24. The number of rotatable bonds is 8. The van der Waals surface area contributed by atoms with Gasteiger partial charge in [0.15, 0.2) is 5.82 Å². The van der Waals surface area contributed by atoms with Crippen molar-refractivity contribution < 1.29 is 9.47 Å². The third kappa shape index (κ3) is 4.75. The van der Waals surface area contributed by atoms with Crippen LogP contribution in [0, 0.1) is 0 Å². The van der Waals surface area contributed by atoms with Gasteiger partial charge in [0.05, 0.1) is 24.0 Å². The van der Waals surface area contributed by atoms with E-state index in [0.29, 0.717) is 25.6 Å². The van der Waals surface area contributed by atoms with Gasteiger partial charge in [-0.3, -0.25) is 4.98 Å². The fourth-order valence-electron chi connectivity index (χ4n) is 3.09. The van der Waals surface area contributed by atoms with E-state index < -0.39 is 0 Å². The van der Waals surface area contributed by atoms with E-state index >= 15 is 0 Å². The number of methoxy groups -OCH3 is 1. The van der Waals surface area contributed by atoms with Crippen LogP contribution in [0.5, 0.6) is 0 Å². The number of pyridine rings is 1. The molecule has 0 aromatic carbocycles. The monoisotopic (exact) mass is 357 g/mol. The Morgan fingerprint density at radius 3 is 2.88 bits per heavy atom. The standard InChI is InChI=1S/C19H27N5O2/c1-3-26-13-18-22-15-8-11-20-10-7-14(15)19(24-18)23-17(12-25-2)16-6-4-5-9-21-16/h4-6,9,17,20H,3,7-8,10-13H2,1-2H3,(H,22,23,24)/t17-/m1/s1. The minimum atomic E-state index is -0.0728. The molecule has 0 unspecified atom stereocenters. The van der Waals surface area contributed by atoms with E-state index in [2.05, 4.69) is 15.6 Å². The lowest BCUT2D eigenvalue weighted by molar-refractivity contribution is 0.128. The summed E-state index contributed by atoms with van der Waals surface area (Å²) >= 11 is 0. The number of hydrogen-bond donors (Lipinski definition) is 2. The second-order valence-electron chi connectivity index (χ2n) is 6.21. The number of nitrogens with zero attached hydrogens (tertiary/aromatic N) is 3. The summed E-state index contributed by atoms with van der Waals surface area (Å²) in [6.45, 7) is 5.40. The number of ether oxygens (including phenoxy) is 2. The van der Waals surface area contributed by atoms with Gasteiger partial charge in [0.25, 0.3) is 0 Å². The molecule has 3 rings (SSSR count). The molecule has 2 N–H and O–H groups in total. The number of hydrogen-bond acceptors (Lipinski definition) is 7. The Morgan fingerprint density at radius 1 is 1.23 bits per heavy atom. The smallest absolute Gasteiger partial charge is 0.156 e. The zero-order chi connectivity index (χ0) is 18.2. The predicted molar refractivity (Wildman–Crippen MR) is 100 cm³/mol.